The van der Waals surface area contributed by atoms with Crippen molar-refractivity contribution < 1.29 is 0 Å². The second-order valence-electron chi connectivity index (χ2n) is 5.81. The Bertz CT molecular complexity index is 352. The van der Waals surface area contributed by atoms with E-state index in [-0.39, 0.29) is 0 Å². The van der Waals surface area contributed by atoms with Crippen LogP contribution in [0.15, 0.2) is 28.7 Å². The van der Waals surface area contributed by atoms with Gasteiger partial charge in [0.2, 0.25) is 0 Å². The molecule has 2 rings (SSSR count). The van der Waals surface area contributed by atoms with Crippen molar-refractivity contribution in [2.75, 3.05) is 6.54 Å². The van der Waals surface area contributed by atoms with Crippen LogP contribution in [0.3, 0.4) is 0 Å². The fraction of sp³-hybridized carbons (Fsp3) is 0.625. The second kappa shape index (κ2) is 6.72. The molecule has 1 atom stereocenters. The average Bonchev–Trinajstić information content (AvgIpc) is 2.38. The highest BCUT2D eigenvalue weighted by molar-refractivity contribution is 9.10. The molecule has 0 amide bonds. The Hall–Kier alpha value is -0.340. The topological polar surface area (TPSA) is 12.0 Å². The molecule has 18 heavy (non-hydrogen) atoms. The third-order valence-corrected chi connectivity index (χ3v) is 4.75. The van der Waals surface area contributed by atoms with E-state index in [0.29, 0.717) is 6.04 Å². The normalized spacial score (nSPS) is 25.9. The summed E-state index contributed by atoms with van der Waals surface area (Å²) in [6.45, 7) is 5.81. The van der Waals surface area contributed by atoms with Crippen LogP contribution in [-0.2, 0) is 0 Å². The van der Waals surface area contributed by atoms with Gasteiger partial charge in [0.1, 0.15) is 0 Å². The number of halogens is 1. The molecule has 0 heterocycles. The molecule has 1 saturated carbocycles. The van der Waals surface area contributed by atoms with Crippen LogP contribution in [0.1, 0.15) is 51.1 Å². The standard InChI is InChI=1S/C16H24BrN/c1-12-3-5-14(6-4-12)11-18-13(2)15-7-9-16(17)10-8-15/h7-10,12-14,18H,3-6,11H2,1-2H3/t12?,13-,14?/m0/s1. The number of rotatable bonds is 4. The Morgan fingerprint density at radius 1 is 1.17 bits per heavy atom. The van der Waals surface area contributed by atoms with Gasteiger partial charge in [0, 0.05) is 10.5 Å². The van der Waals surface area contributed by atoms with Gasteiger partial charge in [0.05, 0.1) is 0 Å². The molecule has 100 valence electrons. The molecule has 0 aliphatic heterocycles. The average molecular weight is 310 g/mol. The predicted molar refractivity (Wildman–Crippen MR) is 81.7 cm³/mol. The molecule has 1 aromatic carbocycles. The summed E-state index contributed by atoms with van der Waals surface area (Å²) in [5, 5.41) is 3.69. The lowest BCUT2D eigenvalue weighted by molar-refractivity contribution is 0.276. The van der Waals surface area contributed by atoms with Crippen molar-refractivity contribution in [1.82, 2.24) is 5.32 Å². The first-order valence-electron chi connectivity index (χ1n) is 7.14. The van der Waals surface area contributed by atoms with Crippen molar-refractivity contribution in [2.24, 2.45) is 11.8 Å². The summed E-state index contributed by atoms with van der Waals surface area (Å²) in [6, 6.07) is 9.10. The van der Waals surface area contributed by atoms with E-state index in [2.05, 4.69) is 59.4 Å². The van der Waals surface area contributed by atoms with Crippen molar-refractivity contribution >= 4 is 15.9 Å². The Kier molecular flexibility index (Phi) is 5.25. The van der Waals surface area contributed by atoms with Gasteiger partial charge in [-0.1, -0.05) is 47.8 Å². The molecule has 2 heteroatoms. The van der Waals surface area contributed by atoms with Crippen LogP contribution in [-0.4, -0.2) is 6.54 Å². The van der Waals surface area contributed by atoms with E-state index < -0.39 is 0 Å². The first-order chi connectivity index (χ1) is 8.65. The minimum Gasteiger partial charge on any atom is -0.310 e. The molecule has 0 radical (unpaired) electrons. The third-order valence-electron chi connectivity index (χ3n) is 4.22. The fourth-order valence-corrected chi connectivity index (χ4v) is 3.01. The van der Waals surface area contributed by atoms with E-state index in [4.69, 9.17) is 0 Å². The van der Waals surface area contributed by atoms with Gasteiger partial charge in [-0.3, -0.25) is 0 Å². The minimum atomic E-state index is 0.456. The quantitative estimate of drug-likeness (QED) is 0.832. The summed E-state index contributed by atoms with van der Waals surface area (Å²) in [4.78, 5) is 0. The summed E-state index contributed by atoms with van der Waals surface area (Å²) in [5.74, 6) is 1.84. The first-order valence-corrected chi connectivity index (χ1v) is 7.93. The van der Waals surface area contributed by atoms with E-state index in [1.165, 1.54) is 37.8 Å². The van der Waals surface area contributed by atoms with Crippen molar-refractivity contribution in [3.8, 4) is 0 Å². The highest BCUT2D eigenvalue weighted by Gasteiger charge is 2.18. The van der Waals surface area contributed by atoms with Gasteiger partial charge in [-0.25, -0.2) is 0 Å². The van der Waals surface area contributed by atoms with Crippen LogP contribution >= 0.6 is 15.9 Å². The third kappa shape index (κ3) is 4.10. The molecule has 0 aromatic heterocycles. The van der Waals surface area contributed by atoms with Gasteiger partial charge in [-0.05, 0) is 55.8 Å². The molecular formula is C16H24BrN. The van der Waals surface area contributed by atoms with Gasteiger partial charge in [0.25, 0.3) is 0 Å². The van der Waals surface area contributed by atoms with Crippen molar-refractivity contribution in [3.63, 3.8) is 0 Å². The smallest absolute Gasteiger partial charge is 0.0291 e. The summed E-state index contributed by atoms with van der Waals surface area (Å²) in [7, 11) is 0. The molecule has 1 fully saturated rings. The number of benzene rings is 1. The molecule has 1 N–H and O–H groups in total. The zero-order valence-corrected chi connectivity index (χ0v) is 13.0. The SMILES string of the molecule is CC1CCC(CN[C@@H](C)c2ccc(Br)cc2)CC1. The Morgan fingerprint density at radius 3 is 2.39 bits per heavy atom. The minimum absolute atomic E-state index is 0.456. The van der Waals surface area contributed by atoms with Gasteiger partial charge >= 0.3 is 0 Å². The lowest BCUT2D eigenvalue weighted by Crippen LogP contribution is -2.28. The van der Waals surface area contributed by atoms with Crippen LogP contribution < -0.4 is 5.32 Å². The van der Waals surface area contributed by atoms with Crippen LogP contribution in [0.5, 0.6) is 0 Å². The van der Waals surface area contributed by atoms with Crippen LogP contribution in [0.2, 0.25) is 0 Å². The molecule has 0 unspecified atom stereocenters. The van der Waals surface area contributed by atoms with Crippen LogP contribution in [0.25, 0.3) is 0 Å². The zero-order valence-electron chi connectivity index (χ0n) is 11.5. The van der Waals surface area contributed by atoms with E-state index in [0.717, 1.165) is 16.3 Å². The largest absolute Gasteiger partial charge is 0.310 e. The van der Waals surface area contributed by atoms with Crippen LogP contribution in [0, 0.1) is 11.8 Å². The maximum absolute atomic E-state index is 3.69. The number of hydrogen-bond acceptors (Lipinski definition) is 1. The summed E-state index contributed by atoms with van der Waals surface area (Å²) >= 11 is 3.48. The van der Waals surface area contributed by atoms with Crippen LogP contribution in [0.4, 0.5) is 0 Å². The Morgan fingerprint density at radius 2 is 1.78 bits per heavy atom. The number of nitrogens with one attached hydrogen (secondary N) is 1. The van der Waals surface area contributed by atoms with Gasteiger partial charge < -0.3 is 5.32 Å². The lowest BCUT2D eigenvalue weighted by Gasteiger charge is -2.27. The Balaban J connectivity index is 1.77. The molecular weight excluding hydrogens is 286 g/mol. The van der Waals surface area contributed by atoms with Crippen molar-refractivity contribution in [1.29, 1.82) is 0 Å². The van der Waals surface area contributed by atoms with Crippen molar-refractivity contribution in [2.45, 2.75) is 45.6 Å². The van der Waals surface area contributed by atoms with E-state index in [9.17, 15) is 0 Å². The molecule has 1 aromatic rings. The maximum Gasteiger partial charge on any atom is 0.0291 e. The predicted octanol–water partition coefficient (Wildman–Crippen LogP) is 4.93. The molecule has 1 aliphatic rings. The van der Waals surface area contributed by atoms with Gasteiger partial charge in [-0.15, -0.1) is 0 Å². The zero-order chi connectivity index (χ0) is 13.0. The molecule has 0 spiro atoms. The summed E-state index contributed by atoms with van der Waals surface area (Å²) < 4.78 is 1.15. The monoisotopic (exact) mass is 309 g/mol. The van der Waals surface area contributed by atoms with Gasteiger partial charge in [-0.2, -0.15) is 0 Å². The van der Waals surface area contributed by atoms with Gasteiger partial charge in [0.15, 0.2) is 0 Å². The molecule has 1 aliphatic carbocycles. The van der Waals surface area contributed by atoms with E-state index in [1.807, 2.05) is 0 Å². The molecule has 0 saturated heterocycles. The first kappa shape index (κ1) is 14.1. The van der Waals surface area contributed by atoms with E-state index >= 15 is 0 Å². The maximum atomic E-state index is 3.69. The molecule has 0 bridgehead atoms. The van der Waals surface area contributed by atoms with Crippen molar-refractivity contribution in [3.05, 3.63) is 34.3 Å². The highest BCUT2D eigenvalue weighted by Crippen LogP contribution is 2.28. The molecule has 1 nitrogen and oxygen atoms in total. The fourth-order valence-electron chi connectivity index (χ4n) is 2.75. The summed E-state index contributed by atoms with van der Waals surface area (Å²) in [6.07, 6.45) is 5.64. The van der Waals surface area contributed by atoms with E-state index in [1.54, 1.807) is 0 Å². The number of hydrogen-bond donors (Lipinski definition) is 1. The Labute approximate surface area is 119 Å². The lowest BCUT2D eigenvalue weighted by atomic mass is 9.83. The summed E-state index contributed by atoms with van der Waals surface area (Å²) in [5.41, 5.74) is 1.38. The second-order valence-corrected chi connectivity index (χ2v) is 6.72. The highest BCUT2D eigenvalue weighted by atomic mass is 79.9.